The van der Waals surface area contributed by atoms with Crippen molar-refractivity contribution in [3.63, 3.8) is 0 Å². The van der Waals surface area contributed by atoms with Crippen molar-refractivity contribution >= 4 is 17.9 Å². The van der Waals surface area contributed by atoms with Crippen LogP contribution in [-0.4, -0.2) is 37.2 Å². The highest BCUT2D eigenvalue weighted by Gasteiger charge is 2.19. The van der Waals surface area contributed by atoms with Crippen molar-refractivity contribution in [2.75, 3.05) is 13.2 Å². The minimum atomic E-state index is -0.784. The topological polar surface area (TPSA) is 78.9 Å². The Morgan fingerprint density at radius 2 is 0.520 bits per heavy atom. The van der Waals surface area contributed by atoms with Gasteiger partial charge in [0.1, 0.15) is 13.2 Å². The highest BCUT2D eigenvalue weighted by atomic mass is 16.6. The van der Waals surface area contributed by atoms with Crippen molar-refractivity contribution in [2.45, 2.75) is 335 Å². The van der Waals surface area contributed by atoms with E-state index in [0.717, 1.165) is 89.9 Å². The third-order valence-corrected chi connectivity index (χ3v) is 14.2. The number of hydrogen-bond donors (Lipinski definition) is 0. The molecule has 1 atom stereocenters. The number of hydrogen-bond acceptors (Lipinski definition) is 6. The normalized spacial score (nSPS) is 12.5. The van der Waals surface area contributed by atoms with Crippen LogP contribution in [0.5, 0.6) is 0 Å². The summed E-state index contributed by atoms with van der Waals surface area (Å²) in [7, 11) is 0. The van der Waals surface area contributed by atoms with E-state index in [-0.39, 0.29) is 31.1 Å². The van der Waals surface area contributed by atoms with E-state index in [0.29, 0.717) is 19.3 Å². The molecule has 434 valence electrons. The fourth-order valence-electron chi connectivity index (χ4n) is 9.31. The molecule has 0 saturated heterocycles. The Labute approximate surface area is 465 Å². The first-order valence-corrected chi connectivity index (χ1v) is 32.4. The van der Waals surface area contributed by atoms with Crippen LogP contribution in [0, 0.1) is 0 Å². The van der Waals surface area contributed by atoms with E-state index in [2.05, 4.69) is 93.7 Å². The molecule has 0 bridgehead atoms. The summed E-state index contributed by atoms with van der Waals surface area (Å²) >= 11 is 0. The van der Waals surface area contributed by atoms with Crippen LogP contribution in [-0.2, 0) is 28.6 Å². The molecule has 0 aliphatic rings. The van der Waals surface area contributed by atoms with E-state index in [1.165, 1.54) is 199 Å². The molecule has 75 heavy (non-hydrogen) atoms. The second kappa shape index (κ2) is 63.4. The highest BCUT2D eigenvalue weighted by molar-refractivity contribution is 5.71. The molecule has 0 aliphatic carbocycles. The van der Waals surface area contributed by atoms with Gasteiger partial charge in [-0.25, -0.2) is 0 Å². The number of esters is 3. The third-order valence-electron chi connectivity index (χ3n) is 14.2. The predicted molar refractivity (Wildman–Crippen MR) is 325 cm³/mol. The number of rotatable bonds is 59. The standard InChI is InChI=1S/C69H122O6/c1-4-7-10-13-16-19-22-25-28-31-33-34-36-38-41-44-47-50-53-56-59-62-68(71)74-65-66(64-73-67(70)61-58-55-52-49-46-43-40-37-30-27-24-21-18-15-12-9-6-3)75-69(72)63-60-57-54-51-48-45-42-39-35-32-29-26-23-20-17-14-11-8-5-2/h9,12,18,21-22,25-27,29-31,33,66H,4-8,10-11,13-17,19-20,23-24,28,32,34-65H2,1-3H3/b12-9-,21-18-,25-22-,29-26-,30-27-,33-31-. The van der Waals surface area contributed by atoms with Crippen LogP contribution in [0.25, 0.3) is 0 Å². The maximum atomic E-state index is 12.9. The second-order valence-electron chi connectivity index (χ2n) is 21.6. The molecule has 0 aromatic carbocycles. The lowest BCUT2D eigenvalue weighted by molar-refractivity contribution is -0.167. The van der Waals surface area contributed by atoms with Crippen LogP contribution in [0.2, 0.25) is 0 Å². The zero-order valence-electron chi connectivity index (χ0n) is 49.8. The molecule has 0 saturated carbocycles. The predicted octanol–water partition coefficient (Wildman–Crippen LogP) is 22.1. The van der Waals surface area contributed by atoms with Gasteiger partial charge in [-0.1, -0.05) is 273 Å². The maximum absolute atomic E-state index is 12.9. The minimum Gasteiger partial charge on any atom is -0.462 e. The van der Waals surface area contributed by atoms with Crippen LogP contribution in [0.4, 0.5) is 0 Å². The van der Waals surface area contributed by atoms with Crippen molar-refractivity contribution in [2.24, 2.45) is 0 Å². The lowest BCUT2D eigenvalue weighted by Crippen LogP contribution is -2.30. The van der Waals surface area contributed by atoms with Gasteiger partial charge in [-0.2, -0.15) is 0 Å². The molecule has 0 rings (SSSR count). The van der Waals surface area contributed by atoms with E-state index in [4.69, 9.17) is 14.2 Å². The first kappa shape index (κ1) is 71.8. The number of carbonyl (C=O) groups excluding carboxylic acids is 3. The zero-order chi connectivity index (χ0) is 54.3. The fraction of sp³-hybridized carbons (Fsp3) is 0.783. The Morgan fingerprint density at radius 1 is 0.280 bits per heavy atom. The van der Waals surface area contributed by atoms with Gasteiger partial charge in [0.25, 0.3) is 0 Å². The van der Waals surface area contributed by atoms with Crippen LogP contribution in [0.3, 0.4) is 0 Å². The molecule has 0 aliphatic heterocycles. The number of allylic oxidation sites excluding steroid dienone is 12. The third kappa shape index (κ3) is 61.6. The summed E-state index contributed by atoms with van der Waals surface area (Å²) in [5, 5.41) is 0. The van der Waals surface area contributed by atoms with Crippen LogP contribution < -0.4 is 0 Å². The Bertz CT molecular complexity index is 1390. The maximum Gasteiger partial charge on any atom is 0.306 e. The molecule has 6 heteroatoms. The Balaban J connectivity index is 4.38. The average Bonchev–Trinajstić information content (AvgIpc) is 3.41. The molecule has 0 aromatic rings. The largest absolute Gasteiger partial charge is 0.462 e. The number of carbonyl (C=O) groups is 3. The first-order valence-electron chi connectivity index (χ1n) is 32.4. The molecular weight excluding hydrogens is 925 g/mol. The summed E-state index contributed by atoms with van der Waals surface area (Å²) < 4.78 is 16.9. The summed E-state index contributed by atoms with van der Waals surface area (Å²) in [4.78, 5) is 38.4. The zero-order valence-corrected chi connectivity index (χ0v) is 49.8. The van der Waals surface area contributed by atoms with E-state index in [9.17, 15) is 14.4 Å². The second-order valence-corrected chi connectivity index (χ2v) is 21.6. The summed E-state index contributed by atoms with van der Waals surface area (Å²) in [6, 6.07) is 0. The van der Waals surface area contributed by atoms with E-state index in [1.54, 1.807) is 0 Å². The van der Waals surface area contributed by atoms with Crippen molar-refractivity contribution in [1.29, 1.82) is 0 Å². The van der Waals surface area contributed by atoms with E-state index < -0.39 is 6.10 Å². The van der Waals surface area contributed by atoms with Gasteiger partial charge in [-0.3, -0.25) is 14.4 Å². The quantitative estimate of drug-likeness (QED) is 0.0261. The van der Waals surface area contributed by atoms with Gasteiger partial charge in [-0.05, 0) is 109 Å². The Morgan fingerprint density at radius 3 is 0.827 bits per heavy atom. The lowest BCUT2D eigenvalue weighted by atomic mass is 10.1. The Kier molecular flexibility index (Phi) is 60.7. The molecule has 0 radical (unpaired) electrons. The van der Waals surface area contributed by atoms with Gasteiger partial charge < -0.3 is 14.2 Å². The summed E-state index contributed by atoms with van der Waals surface area (Å²) in [6.07, 6.45) is 81.9. The van der Waals surface area contributed by atoms with Crippen molar-refractivity contribution < 1.29 is 28.6 Å². The average molecular weight is 1050 g/mol. The van der Waals surface area contributed by atoms with Crippen LogP contribution >= 0.6 is 0 Å². The van der Waals surface area contributed by atoms with Gasteiger partial charge in [0.15, 0.2) is 6.10 Å². The molecular formula is C69H122O6. The molecule has 0 spiro atoms. The molecule has 0 aromatic heterocycles. The molecule has 6 nitrogen and oxygen atoms in total. The van der Waals surface area contributed by atoms with Crippen molar-refractivity contribution in [3.05, 3.63) is 72.9 Å². The fourth-order valence-corrected chi connectivity index (χ4v) is 9.31. The monoisotopic (exact) mass is 1050 g/mol. The smallest absolute Gasteiger partial charge is 0.306 e. The van der Waals surface area contributed by atoms with Gasteiger partial charge >= 0.3 is 17.9 Å². The van der Waals surface area contributed by atoms with Gasteiger partial charge in [-0.15, -0.1) is 0 Å². The molecule has 0 amide bonds. The summed E-state index contributed by atoms with van der Waals surface area (Å²) in [5.74, 6) is -0.880. The lowest BCUT2D eigenvalue weighted by Gasteiger charge is -2.18. The van der Waals surface area contributed by atoms with Crippen LogP contribution in [0.1, 0.15) is 329 Å². The van der Waals surface area contributed by atoms with Crippen LogP contribution in [0.15, 0.2) is 72.9 Å². The van der Waals surface area contributed by atoms with Gasteiger partial charge in [0.05, 0.1) is 0 Å². The van der Waals surface area contributed by atoms with E-state index >= 15 is 0 Å². The molecule has 1 unspecified atom stereocenters. The summed E-state index contributed by atoms with van der Waals surface area (Å²) in [6.45, 7) is 6.54. The number of unbranched alkanes of at least 4 members (excludes halogenated alkanes) is 36. The minimum absolute atomic E-state index is 0.0802. The SMILES string of the molecule is CC/C=C\C/C=C\C/C=C\CCCCCCCCCC(=O)OCC(COC(=O)CCCCCCCCCCC/C=C\C/C=C\CCCCCCC)OC(=O)CCCCCCCCCCC/C=C\CCCCCCCC. The molecule has 0 fully saturated rings. The first-order chi connectivity index (χ1) is 37.0. The Hall–Kier alpha value is -3.15. The van der Waals surface area contributed by atoms with Gasteiger partial charge in [0.2, 0.25) is 0 Å². The molecule has 0 heterocycles. The highest BCUT2D eigenvalue weighted by Crippen LogP contribution is 2.16. The van der Waals surface area contributed by atoms with Gasteiger partial charge in [0, 0.05) is 19.3 Å². The summed E-state index contributed by atoms with van der Waals surface area (Å²) in [5.41, 5.74) is 0. The van der Waals surface area contributed by atoms with Crippen molar-refractivity contribution in [3.8, 4) is 0 Å². The number of ether oxygens (including phenoxy) is 3. The van der Waals surface area contributed by atoms with E-state index in [1.807, 2.05) is 0 Å². The molecule has 0 N–H and O–H groups in total. The van der Waals surface area contributed by atoms with Crippen molar-refractivity contribution in [1.82, 2.24) is 0 Å².